The van der Waals surface area contributed by atoms with Gasteiger partial charge in [-0.25, -0.2) is 4.79 Å². The molecule has 3 rings (SSSR count). The monoisotopic (exact) mass is 384 g/mol. The Morgan fingerprint density at radius 1 is 1.40 bits per heavy atom. The molecule has 7 heteroatoms. The standard InChI is InChI=1S/C18H25ClN2O3S/c1-17(2,3)25(24)20-15-12-5-4-6-14(19)13(12)11-18(15)7-9-21(10-8-18)16(22)23/h4-6,15,20H,7-11H2,1-3H3,(H,22,23)/t15-,25?/m1/s1. The highest BCUT2D eigenvalue weighted by Gasteiger charge is 2.51. The second-order valence-electron chi connectivity index (χ2n) is 8.05. The number of halogens is 1. The summed E-state index contributed by atoms with van der Waals surface area (Å²) in [5, 5.41) is 9.98. The molecule has 1 aliphatic carbocycles. The lowest BCUT2D eigenvalue weighted by atomic mass is 9.73. The van der Waals surface area contributed by atoms with E-state index >= 15 is 0 Å². The fourth-order valence-corrected chi connectivity index (χ4v) is 5.09. The van der Waals surface area contributed by atoms with Crippen molar-refractivity contribution in [2.75, 3.05) is 13.1 Å². The second kappa shape index (κ2) is 6.65. The molecule has 1 unspecified atom stereocenters. The third-order valence-electron chi connectivity index (χ3n) is 5.42. The van der Waals surface area contributed by atoms with Gasteiger partial charge in [0.25, 0.3) is 0 Å². The predicted octanol–water partition coefficient (Wildman–Crippen LogP) is 3.75. The van der Waals surface area contributed by atoms with Crippen LogP contribution in [0.3, 0.4) is 0 Å². The van der Waals surface area contributed by atoms with Gasteiger partial charge >= 0.3 is 6.09 Å². The zero-order valence-corrected chi connectivity index (χ0v) is 16.4. The molecule has 1 heterocycles. The van der Waals surface area contributed by atoms with Gasteiger partial charge in [0, 0.05) is 34.9 Å². The maximum Gasteiger partial charge on any atom is 0.407 e. The Kier molecular flexibility index (Phi) is 5.01. The van der Waals surface area contributed by atoms with Crippen molar-refractivity contribution in [1.82, 2.24) is 9.62 Å². The highest BCUT2D eigenvalue weighted by molar-refractivity contribution is 7.90. The smallest absolute Gasteiger partial charge is 0.407 e. The molecule has 1 fully saturated rings. The molecule has 0 saturated carbocycles. The van der Waals surface area contributed by atoms with E-state index in [2.05, 4.69) is 10.8 Å². The molecule has 25 heavy (non-hydrogen) atoms. The van der Waals surface area contributed by atoms with Crippen LogP contribution in [0.5, 0.6) is 0 Å². The van der Waals surface area contributed by atoms with Gasteiger partial charge in [0.05, 0.1) is 6.04 Å². The molecule has 2 aliphatic rings. The van der Waals surface area contributed by atoms with Crippen molar-refractivity contribution in [2.45, 2.75) is 50.8 Å². The quantitative estimate of drug-likeness (QED) is 0.761. The van der Waals surface area contributed by atoms with Gasteiger partial charge < -0.3 is 14.6 Å². The van der Waals surface area contributed by atoms with Crippen molar-refractivity contribution in [2.24, 2.45) is 5.41 Å². The SMILES string of the molecule is CC(C)(C)[S+]([O-])N[C@@H]1c2cccc(Cl)c2CC12CCN(C(=O)O)CC2. The van der Waals surface area contributed by atoms with Crippen molar-refractivity contribution in [1.29, 1.82) is 0 Å². The largest absolute Gasteiger partial charge is 0.598 e. The lowest BCUT2D eigenvalue weighted by molar-refractivity contribution is 0.0764. The molecule has 1 amide bonds. The van der Waals surface area contributed by atoms with Gasteiger partial charge in [-0.3, -0.25) is 0 Å². The van der Waals surface area contributed by atoms with Crippen LogP contribution in [0.1, 0.15) is 50.8 Å². The Labute approximate surface area is 157 Å². The van der Waals surface area contributed by atoms with Gasteiger partial charge in [-0.15, -0.1) is 4.72 Å². The normalized spacial score (nSPS) is 23.6. The van der Waals surface area contributed by atoms with Crippen LogP contribution in [0, 0.1) is 5.41 Å². The van der Waals surface area contributed by atoms with E-state index in [1.807, 2.05) is 32.9 Å². The van der Waals surface area contributed by atoms with Crippen molar-refractivity contribution >= 4 is 29.1 Å². The molecule has 1 aliphatic heterocycles. The molecular weight excluding hydrogens is 360 g/mol. The molecular formula is C18H25ClN2O3S. The van der Waals surface area contributed by atoms with Crippen molar-refractivity contribution < 1.29 is 14.5 Å². The van der Waals surface area contributed by atoms with Crippen molar-refractivity contribution in [3.8, 4) is 0 Å². The Morgan fingerprint density at radius 3 is 2.60 bits per heavy atom. The second-order valence-corrected chi connectivity index (χ2v) is 10.5. The lowest BCUT2D eigenvalue weighted by Crippen LogP contribution is -2.50. The van der Waals surface area contributed by atoms with Gasteiger partial charge in [-0.1, -0.05) is 23.7 Å². The van der Waals surface area contributed by atoms with Crippen molar-refractivity contribution in [3.05, 3.63) is 34.3 Å². The third-order valence-corrected chi connectivity index (χ3v) is 7.33. The first-order valence-electron chi connectivity index (χ1n) is 8.57. The van der Waals surface area contributed by atoms with E-state index < -0.39 is 17.5 Å². The number of piperidine rings is 1. The molecule has 1 aromatic rings. The number of nitrogens with one attached hydrogen (secondary N) is 1. The van der Waals surface area contributed by atoms with Crippen LogP contribution in [0.2, 0.25) is 5.02 Å². The minimum atomic E-state index is -1.21. The number of likely N-dealkylation sites (tertiary alicyclic amines) is 1. The van der Waals surface area contributed by atoms with Crippen LogP contribution < -0.4 is 4.72 Å². The minimum absolute atomic E-state index is 0.0720. The summed E-state index contributed by atoms with van der Waals surface area (Å²) in [6.07, 6.45) is 1.41. The number of rotatable bonds is 2. The van der Waals surface area contributed by atoms with Crippen LogP contribution in [0.4, 0.5) is 4.79 Å². The zero-order chi connectivity index (χ0) is 18.4. The summed E-state index contributed by atoms with van der Waals surface area (Å²) in [6, 6.07) is 5.80. The molecule has 2 N–H and O–H groups in total. The molecule has 5 nitrogen and oxygen atoms in total. The van der Waals surface area contributed by atoms with E-state index in [0.29, 0.717) is 13.1 Å². The zero-order valence-electron chi connectivity index (χ0n) is 14.8. The van der Waals surface area contributed by atoms with E-state index in [9.17, 15) is 14.5 Å². The number of carbonyl (C=O) groups is 1. The topological polar surface area (TPSA) is 75.6 Å². The average Bonchev–Trinajstić information content (AvgIpc) is 2.82. The summed E-state index contributed by atoms with van der Waals surface area (Å²) in [6.45, 7) is 6.85. The Hall–Kier alpha value is -0.950. The third kappa shape index (κ3) is 3.50. The van der Waals surface area contributed by atoms with E-state index in [0.717, 1.165) is 35.4 Å². The summed E-state index contributed by atoms with van der Waals surface area (Å²) in [4.78, 5) is 12.7. The first-order valence-corrected chi connectivity index (χ1v) is 10.1. The lowest BCUT2D eigenvalue weighted by Gasteiger charge is -2.43. The van der Waals surface area contributed by atoms with Gasteiger partial charge in [0.2, 0.25) is 0 Å². The van der Waals surface area contributed by atoms with Crippen molar-refractivity contribution in [3.63, 3.8) is 0 Å². The number of fused-ring (bicyclic) bond motifs is 1. The maximum atomic E-state index is 12.8. The van der Waals surface area contributed by atoms with Crippen LogP contribution in [0.25, 0.3) is 0 Å². The van der Waals surface area contributed by atoms with Crippen LogP contribution in [-0.2, 0) is 17.8 Å². The molecule has 2 atom stereocenters. The Bertz CT molecular complexity index is 669. The fourth-order valence-electron chi connectivity index (χ4n) is 3.90. The summed E-state index contributed by atoms with van der Waals surface area (Å²) in [7, 11) is 0. The molecule has 1 spiro atoms. The summed E-state index contributed by atoms with van der Waals surface area (Å²) < 4.78 is 15.8. The summed E-state index contributed by atoms with van der Waals surface area (Å²) in [5.41, 5.74) is 2.07. The number of benzene rings is 1. The number of hydrogen-bond donors (Lipinski definition) is 2. The number of hydrogen-bond acceptors (Lipinski definition) is 3. The van der Waals surface area contributed by atoms with Gasteiger partial charge in [0.15, 0.2) is 0 Å². The molecule has 138 valence electrons. The highest BCUT2D eigenvalue weighted by Crippen LogP contribution is 2.54. The number of nitrogens with zero attached hydrogens (tertiary/aromatic N) is 1. The van der Waals surface area contributed by atoms with E-state index in [-0.39, 0.29) is 16.2 Å². The molecule has 0 bridgehead atoms. The molecule has 1 aromatic carbocycles. The van der Waals surface area contributed by atoms with E-state index in [1.54, 1.807) is 0 Å². The predicted molar refractivity (Wildman–Crippen MR) is 100 cm³/mol. The Morgan fingerprint density at radius 2 is 2.04 bits per heavy atom. The van der Waals surface area contributed by atoms with Crippen LogP contribution in [-0.4, -0.2) is 38.5 Å². The van der Waals surface area contributed by atoms with Gasteiger partial charge in [-0.05, 0) is 57.2 Å². The van der Waals surface area contributed by atoms with Crippen LogP contribution in [0.15, 0.2) is 18.2 Å². The molecule has 1 saturated heterocycles. The summed E-state index contributed by atoms with van der Waals surface area (Å²) >= 11 is 5.23. The number of carboxylic acid groups (broad SMARTS) is 1. The first-order chi connectivity index (χ1) is 11.6. The minimum Gasteiger partial charge on any atom is -0.598 e. The summed E-state index contributed by atoms with van der Waals surface area (Å²) in [5.74, 6) is 0. The van der Waals surface area contributed by atoms with E-state index in [1.165, 1.54) is 4.90 Å². The first kappa shape index (κ1) is 18.8. The number of amides is 1. The van der Waals surface area contributed by atoms with Gasteiger partial charge in [0.1, 0.15) is 4.75 Å². The van der Waals surface area contributed by atoms with Crippen LogP contribution >= 0.6 is 11.6 Å². The van der Waals surface area contributed by atoms with Gasteiger partial charge in [-0.2, -0.15) is 0 Å². The Balaban J connectivity index is 1.92. The average molecular weight is 385 g/mol. The molecule has 0 aromatic heterocycles. The molecule has 0 radical (unpaired) electrons. The maximum absolute atomic E-state index is 12.8. The van der Waals surface area contributed by atoms with E-state index in [4.69, 9.17) is 11.6 Å². The highest BCUT2D eigenvalue weighted by atomic mass is 35.5. The fraction of sp³-hybridized carbons (Fsp3) is 0.611.